The average molecular weight is 816 g/mol. The third-order valence-corrected chi connectivity index (χ3v) is 8.40. The Morgan fingerprint density at radius 1 is 1.00 bits per heavy atom. The molecule has 0 amide bonds. The molecule has 0 spiro atoms. The fraction of sp³-hybridized carbons (Fsp3) is 0.0645. The molecular weight excluding hydrogens is 796 g/mol. The summed E-state index contributed by atoms with van der Waals surface area (Å²) in [6.45, 7) is 2.55. The van der Waals surface area contributed by atoms with Crippen LogP contribution in [0.2, 0.25) is 0 Å². The third kappa shape index (κ3) is 5.59. The fourth-order valence-corrected chi connectivity index (χ4v) is 6.78. The zero-order valence-electron chi connectivity index (χ0n) is 21.1. The van der Waals surface area contributed by atoms with Gasteiger partial charge in [0, 0.05) is 9.86 Å². The monoisotopic (exact) mass is 815 g/mol. The van der Waals surface area contributed by atoms with Crippen molar-refractivity contribution in [1.82, 2.24) is 9.66 Å². The molecule has 6 aromatic rings. The maximum absolute atomic E-state index is 13.6. The van der Waals surface area contributed by atoms with Gasteiger partial charge in [0.15, 0.2) is 5.76 Å². The van der Waals surface area contributed by atoms with Crippen molar-refractivity contribution in [3.05, 3.63) is 124 Å². The van der Waals surface area contributed by atoms with Crippen molar-refractivity contribution < 1.29 is 9.15 Å². The first-order valence-electron chi connectivity index (χ1n) is 12.3. The molecule has 0 fully saturated rings. The van der Waals surface area contributed by atoms with E-state index in [4.69, 9.17) is 14.1 Å². The topological polar surface area (TPSA) is 69.6 Å². The summed E-state index contributed by atoms with van der Waals surface area (Å²) in [4.78, 5) is 18.3. The number of benzene rings is 4. The van der Waals surface area contributed by atoms with Gasteiger partial charge in [-0.1, -0.05) is 57.9 Å². The molecular formula is C31H20BrI2N3O3. The lowest BCUT2D eigenvalue weighted by Crippen LogP contribution is -2.20. The number of nitrogens with zero attached hydrogens (tertiary/aromatic N) is 3. The second-order valence-corrected chi connectivity index (χ2v) is 12.4. The van der Waals surface area contributed by atoms with Crippen LogP contribution in [0.5, 0.6) is 5.75 Å². The van der Waals surface area contributed by atoms with Crippen molar-refractivity contribution in [2.24, 2.45) is 5.10 Å². The van der Waals surface area contributed by atoms with Crippen molar-refractivity contribution in [1.29, 1.82) is 0 Å². The predicted molar refractivity (Wildman–Crippen MR) is 179 cm³/mol. The van der Waals surface area contributed by atoms with Crippen LogP contribution >= 0.6 is 61.1 Å². The minimum absolute atomic E-state index is 0.277. The van der Waals surface area contributed by atoms with E-state index in [-0.39, 0.29) is 5.56 Å². The van der Waals surface area contributed by atoms with Gasteiger partial charge in [-0.2, -0.15) is 9.78 Å². The van der Waals surface area contributed by atoms with Crippen LogP contribution in [0.3, 0.4) is 0 Å². The minimum Gasteiger partial charge on any atom is -0.487 e. The number of fused-ring (bicyclic) bond motifs is 2. The molecule has 0 aliphatic heterocycles. The molecule has 0 bridgehead atoms. The highest BCUT2D eigenvalue weighted by atomic mass is 127. The van der Waals surface area contributed by atoms with Gasteiger partial charge in [0.2, 0.25) is 5.82 Å². The van der Waals surface area contributed by atoms with Crippen molar-refractivity contribution in [2.75, 3.05) is 0 Å². The lowest BCUT2D eigenvalue weighted by molar-refractivity contribution is 0.301. The van der Waals surface area contributed by atoms with E-state index in [9.17, 15) is 4.79 Å². The second kappa shape index (κ2) is 11.5. The SMILES string of the molecule is Cc1ccc(COc2c(I)cc(C=Nn3c(-c4cc5cc(Br)ccc5o4)nc4ccccc4c3=O)cc2I)cc1. The summed E-state index contributed by atoms with van der Waals surface area (Å²) in [5, 5.41) is 5.98. The van der Waals surface area contributed by atoms with Crippen LogP contribution in [0.1, 0.15) is 16.7 Å². The molecule has 6 rings (SSSR count). The number of hydrogen-bond acceptors (Lipinski definition) is 5. The number of ether oxygens (including phenoxy) is 1. The first kappa shape index (κ1) is 27.2. The van der Waals surface area contributed by atoms with Gasteiger partial charge in [-0.15, -0.1) is 0 Å². The highest BCUT2D eigenvalue weighted by Crippen LogP contribution is 2.31. The highest BCUT2D eigenvalue weighted by Gasteiger charge is 2.17. The van der Waals surface area contributed by atoms with E-state index in [2.05, 4.69) is 97.4 Å². The number of para-hydroxylation sites is 1. The van der Waals surface area contributed by atoms with Crippen LogP contribution in [0.4, 0.5) is 0 Å². The quantitative estimate of drug-likeness (QED) is 0.125. The summed E-state index contributed by atoms with van der Waals surface area (Å²) in [5.74, 6) is 1.60. The van der Waals surface area contributed by atoms with E-state index in [0.29, 0.717) is 34.7 Å². The number of rotatable bonds is 6. The van der Waals surface area contributed by atoms with E-state index in [1.165, 1.54) is 10.2 Å². The van der Waals surface area contributed by atoms with E-state index < -0.39 is 0 Å². The van der Waals surface area contributed by atoms with Crippen LogP contribution in [0.25, 0.3) is 33.5 Å². The van der Waals surface area contributed by atoms with Crippen LogP contribution in [0, 0.1) is 14.1 Å². The van der Waals surface area contributed by atoms with Gasteiger partial charge in [-0.05, 0) is 112 Å². The Balaban J connectivity index is 1.37. The van der Waals surface area contributed by atoms with Crippen LogP contribution in [-0.4, -0.2) is 15.9 Å². The van der Waals surface area contributed by atoms with Gasteiger partial charge >= 0.3 is 0 Å². The molecule has 0 N–H and O–H groups in total. The Kier molecular flexibility index (Phi) is 7.78. The van der Waals surface area contributed by atoms with Gasteiger partial charge in [0.05, 0.1) is 24.3 Å². The van der Waals surface area contributed by atoms with E-state index in [0.717, 1.165) is 33.9 Å². The molecule has 4 aromatic carbocycles. The van der Waals surface area contributed by atoms with E-state index >= 15 is 0 Å². The first-order chi connectivity index (χ1) is 19.4. The lowest BCUT2D eigenvalue weighted by atomic mass is 10.2. The van der Waals surface area contributed by atoms with Crippen molar-refractivity contribution >= 4 is 89.2 Å². The van der Waals surface area contributed by atoms with Gasteiger partial charge in [-0.3, -0.25) is 4.79 Å². The molecule has 0 unspecified atom stereocenters. The number of aryl methyl sites for hydroxylation is 1. The summed E-state index contributed by atoms with van der Waals surface area (Å²) in [6.07, 6.45) is 1.66. The highest BCUT2D eigenvalue weighted by molar-refractivity contribution is 14.1. The van der Waals surface area contributed by atoms with E-state index in [1.54, 1.807) is 12.3 Å². The van der Waals surface area contributed by atoms with Crippen molar-refractivity contribution in [3.8, 4) is 17.3 Å². The van der Waals surface area contributed by atoms with Crippen molar-refractivity contribution in [2.45, 2.75) is 13.5 Å². The lowest BCUT2D eigenvalue weighted by Gasteiger charge is -2.12. The first-order valence-corrected chi connectivity index (χ1v) is 15.2. The standard InChI is InChI=1S/C31H20BrI2N3O3/c1-18-6-8-19(9-7-18)17-39-29-24(33)12-20(13-25(29)34)16-35-37-30(36-26-5-3-2-4-23(26)31(37)38)28-15-21-14-22(32)10-11-27(21)40-28/h2-16H,17H2,1H3. The van der Waals surface area contributed by atoms with E-state index in [1.807, 2.05) is 54.6 Å². The van der Waals surface area contributed by atoms with Crippen LogP contribution in [-0.2, 0) is 6.61 Å². The van der Waals surface area contributed by atoms with Gasteiger partial charge in [-0.25, -0.2) is 4.98 Å². The smallest absolute Gasteiger partial charge is 0.282 e. The zero-order valence-corrected chi connectivity index (χ0v) is 27.0. The number of furan rings is 1. The van der Waals surface area contributed by atoms with Gasteiger partial charge < -0.3 is 9.15 Å². The molecule has 198 valence electrons. The van der Waals surface area contributed by atoms with Crippen LogP contribution in [0.15, 0.2) is 104 Å². The second-order valence-electron chi connectivity index (χ2n) is 9.19. The Morgan fingerprint density at radius 3 is 2.52 bits per heavy atom. The molecule has 0 aliphatic carbocycles. The molecule has 9 heteroatoms. The maximum atomic E-state index is 13.6. The summed E-state index contributed by atoms with van der Waals surface area (Å²) in [7, 11) is 0. The predicted octanol–water partition coefficient (Wildman–Crippen LogP) is 8.55. The molecule has 6 nitrogen and oxygen atoms in total. The summed E-state index contributed by atoms with van der Waals surface area (Å²) in [6, 6.07) is 27.1. The molecule has 2 heterocycles. The molecule has 0 aliphatic rings. The Hall–Kier alpha value is -3.03. The molecule has 0 saturated heterocycles. The zero-order chi connectivity index (χ0) is 27.8. The summed E-state index contributed by atoms with van der Waals surface area (Å²) >= 11 is 8.04. The number of halogens is 3. The Labute approximate surface area is 265 Å². The molecule has 0 saturated carbocycles. The average Bonchev–Trinajstić information content (AvgIpc) is 3.36. The molecule has 2 aromatic heterocycles. The molecule has 0 atom stereocenters. The number of hydrogen-bond donors (Lipinski definition) is 0. The maximum Gasteiger partial charge on any atom is 0.282 e. The molecule has 40 heavy (non-hydrogen) atoms. The Morgan fingerprint density at radius 2 is 1.75 bits per heavy atom. The minimum atomic E-state index is -0.277. The normalized spacial score (nSPS) is 11.6. The van der Waals surface area contributed by atoms with Gasteiger partial charge in [0.25, 0.3) is 5.56 Å². The Bertz CT molecular complexity index is 1960. The largest absolute Gasteiger partial charge is 0.487 e. The van der Waals surface area contributed by atoms with Crippen molar-refractivity contribution in [3.63, 3.8) is 0 Å². The third-order valence-electron chi connectivity index (χ3n) is 6.30. The van der Waals surface area contributed by atoms with Gasteiger partial charge in [0.1, 0.15) is 17.9 Å². The summed E-state index contributed by atoms with van der Waals surface area (Å²) in [5.41, 5.74) is 4.15. The van der Waals surface area contributed by atoms with Crippen LogP contribution < -0.4 is 10.3 Å². The fourth-order valence-electron chi connectivity index (χ4n) is 4.27. The molecule has 0 radical (unpaired) electrons. The number of aromatic nitrogens is 2. The summed E-state index contributed by atoms with van der Waals surface area (Å²) < 4.78 is 16.4.